The molecule has 8 nitrogen and oxygen atoms in total. The molecule has 0 aliphatic carbocycles. The highest BCUT2D eigenvalue weighted by Crippen LogP contribution is 2.30. The van der Waals surface area contributed by atoms with Gasteiger partial charge in [0.1, 0.15) is 12.2 Å². The predicted molar refractivity (Wildman–Crippen MR) is 138 cm³/mol. The van der Waals surface area contributed by atoms with Gasteiger partial charge in [-0.3, -0.25) is 4.79 Å². The molecule has 35 heavy (non-hydrogen) atoms. The highest BCUT2D eigenvalue weighted by Gasteiger charge is 2.33. The van der Waals surface area contributed by atoms with E-state index in [1.54, 1.807) is 6.33 Å². The number of carbonyl (C=O) groups is 1. The average molecular weight is 494 g/mol. The van der Waals surface area contributed by atoms with Crippen LogP contribution in [-0.4, -0.2) is 69.6 Å². The molecule has 9 heteroatoms. The topological polar surface area (TPSA) is 70.4 Å². The van der Waals surface area contributed by atoms with Gasteiger partial charge in [0.2, 0.25) is 5.91 Å². The van der Waals surface area contributed by atoms with Gasteiger partial charge in [-0.25, -0.2) is 15.0 Å². The summed E-state index contributed by atoms with van der Waals surface area (Å²) in [6.07, 6.45) is 8.17. The summed E-state index contributed by atoms with van der Waals surface area (Å²) in [6, 6.07) is 7.95. The molecule has 0 N–H and O–H groups in total. The summed E-state index contributed by atoms with van der Waals surface area (Å²) in [6.45, 7) is 5.78. The Balaban J connectivity index is 1.14. The van der Waals surface area contributed by atoms with Crippen LogP contribution in [0, 0.1) is 5.92 Å². The minimum absolute atomic E-state index is 0.00344. The van der Waals surface area contributed by atoms with Crippen molar-refractivity contribution in [3.8, 4) is 0 Å². The molecular formula is C26H32ClN7O. The van der Waals surface area contributed by atoms with Gasteiger partial charge in [0.05, 0.1) is 5.92 Å². The fraction of sp³-hybridized carbons (Fsp3) is 0.538. The molecule has 2 aromatic heterocycles. The van der Waals surface area contributed by atoms with E-state index < -0.39 is 0 Å². The third-order valence-electron chi connectivity index (χ3n) is 7.73. The van der Waals surface area contributed by atoms with Gasteiger partial charge in [-0.2, -0.15) is 0 Å². The van der Waals surface area contributed by atoms with Gasteiger partial charge in [0.15, 0.2) is 17.0 Å². The van der Waals surface area contributed by atoms with Crippen LogP contribution < -0.4 is 9.80 Å². The molecule has 1 aromatic carbocycles. The SMILES string of the molecule is O=C([C@@H]1CCCN(c2ncnc3c2nc2n3CCCCC2)C1)N1CCN(c2ccc(Cl)cc2)CC1. The van der Waals surface area contributed by atoms with Crippen LogP contribution in [0.15, 0.2) is 30.6 Å². The molecule has 1 atom stereocenters. The monoisotopic (exact) mass is 493 g/mol. The number of hydrogen-bond donors (Lipinski definition) is 0. The Morgan fingerprint density at radius 1 is 0.886 bits per heavy atom. The number of piperazine rings is 1. The number of piperidine rings is 1. The van der Waals surface area contributed by atoms with Crippen molar-refractivity contribution in [1.82, 2.24) is 24.4 Å². The van der Waals surface area contributed by atoms with E-state index in [9.17, 15) is 4.79 Å². The number of anilines is 2. The Kier molecular flexibility index (Phi) is 6.22. The van der Waals surface area contributed by atoms with Crippen LogP contribution in [0.5, 0.6) is 0 Å². The van der Waals surface area contributed by atoms with E-state index in [0.717, 1.165) is 92.0 Å². The molecule has 2 saturated heterocycles. The van der Waals surface area contributed by atoms with Gasteiger partial charge < -0.3 is 19.3 Å². The van der Waals surface area contributed by atoms with Gasteiger partial charge in [0.25, 0.3) is 0 Å². The maximum Gasteiger partial charge on any atom is 0.227 e. The number of amides is 1. The standard InChI is InChI=1S/C26H32ClN7O/c27-20-7-9-21(10-8-20)31-13-15-32(16-14-31)26(35)19-5-4-11-33(17-19)24-23-25(29-18-28-24)34-12-3-1-2-6-22(34)30-23/h7-10,18-19H,1-6,11-17H2/t19-/m1/s1. The summed E-state index contributed by atoms with van der Waals surface area (Å²) in [5.41, 5.74) is 3.00. The average Bonchev–Trinajstić information content (AvgIpc) is 3.09. The minimum atomic E-state index is -0.00344. The number of imidazole rings is 1. The Morgan fingerprint density at radius 3 is 2.54 bits per heavy atom. The molecule has 3 aromatic rings. The quantitative estimate of drug-likeness (QED) is 0.553. The Hall–Kier alpha value is -2.87. The summed E-state index contributed by atoms with van der Waals surface area (Å²) < 4.78 is 2.28. The summed E-state index contributed by atoms with van der Waals surface area (Å²) in [5.74, 6) is 2.29. The highest BCUT2D eigenvalue weighted by atomic mass is 35.5. The second kappa shape index (κ2) is 9.64. The van der Waals surface area contributed by atoms with E-state index in [1.807, 2.05) is 12.1 Å². The van der Waals surface area contributed by atoms with Crippen LogP contribution in [0.25, 0.3) is 11.2 Å². The number of aryl methyl sites for hydroxylation is 2. The molecule has 0 saturated carbocycles. The maximum atomic E-state index is 13.5. The first-order valence-electron chi connectivity index (χ1n) is 12.9. The second-order valence-electron chi connectivity index (χ2n) is 9.93. The van der Waals surface area contributed by atoms with E-state index in [0.29, 0.717) is 6.54 Å². The number of halogens is 1. The van der Waals surface area contributed by atoms with E-state index in [2.05, 4.69) is 41.4 Å². The van der Waals surface area contributed by atoms with Crippen LogP contribution in [-0.2, 0) is 17.8 Å². The normalized spacial score (nSPS) is 21.2. The first-order chi connectivity index (χ1) is 17.2. The molecule has 184 valence electrons. The second-order valence-corrected chi connectivity index (χ2v) is 10.4. The summed E-state index contributed by atoms with van der Waals surface area (Å²) >= 11 is 6.03. The van der Waals surface area contributed by atoms with Crippen LogP contribution in [0.3, 0.4) is 0 Å². The number of rotatable bonds is 3. The zero-order valence-corrected chi connectivity index (χ0v) is 20.8. The maximum absolute atomic E-state index is 13.5. The zero-order chi connectivity index (χ0) is 23.8. The Bertz CT molecular complexity index is 1200. The van der Waals surface area contributed by atoms with E-state index in [1.165, 1.54) is 19.3 Å². The van der Waals surface area contributed by atoms with Crippen molar-refractivity contribution in [3.05, 3.63) is 41.4 Å². The molecule has 6 rings (SSSR count). The molecule has 5 heterocycles. The highest BCUT2D eigenvalue weighted by molar-refractivity contribution is 6.30. The molecule has 0 unspecified atom stereocenters. The predicted octanol–water partition coefficient (Wildman–Crippen LogP) is 3.77. The fourth-order valence-corrected chi connectivity index (χ4v) is 5.95. The molecule has 1 amide bonds. The number of hydrogen-bond acceptors (Lipinski definition) is 6. The number of benzene rings is 1. The third-order valence-corrected chi connectivity index (χ3v) is 7.98. The van der Waals surface area contributed by atoms with Crippen molar-refractivity contribution in [2.75, 3.05) is 49.1 Å². The molecule has 0 spiro atoms. The number of aromatic nitrogens is 4. The van der Waals surface area contributed by atoms with Crippen LogP contribution in [0.4, 0.5) is 11.5 Å². The molecule has 3 aliphatic rings. The molecule has 2 fully saturated rings. The van der Waals surface area contributed by atoms with Gasteiger partial charge in [0, 0.05) is 62.9 Å². The van der Waals surface area contributed by atoms with Gasteiger partial charge >= 0.3 is 0 Å². The molecule has 0 radical (unpaired) electrons. The van der Waals surface area contributed by atoms with Crippen LogP contribution in [0.1, 0.15) is 37.9 Å². The fourth-order valence-electron chi connectivity index (χ4n) is 5.82. The lowest BCUT2D eigenvalue weighted by atomic mass is 9.96. The first kappa shape index (κ1) is 22.6. The lowest BCUT2D eigenvalue weighted by molar-refractivity contribution is -0.136. The molecule has 3 aliphatic heterocycles. The third kappa shape index (κ3) is 4.44. The van der Waals surface area contributed by atoms with Crippen molar-refractivity contribution < 1.29 is 4.79 Å². The summed E-state index contributed by atoms with van der Waals surface area (Å²) in [5, 5.41) is 0.747. The van der Waals surface area contributed by atoms with Gasteiger partial charge in [-0.1, -0.05) is 18.0 Å². The number of carbonyl (C=O) groups excluding carboxylic acids is 1. The van der Waals surface area contributed by atoms with Crippen molar-refractivity contribution in [1.29, 1.82) is 0 Å². The largest absolute Gasteiger partial charge is 0.368 e. The molecular weight excluding hydrogens is 462 g/mol. The zero-order valence-electron chi connectivity index (χ0n) is 20.1. The number of fused-ring (bicyclic) bond motifs is 3. The van der Waals surface area contributed by atoms with E-state index >= 15 is 0 Å². The first-order valence-corrected chi connectivity index (χ1v) is 13.3. The van der Waals surface area contributed by atoms with Gasteiger partial charge in [-0.15, -0.1) is 0 Å². The lowest BCUT2D eigenvalue weighted by Gasteiger charge is -2.40. The summed E-state index contributed by atoms with van der Waals surface area (Å²) in [7, 11) is 0. The van der Waals surface area contributed by atoms with Crippen molar-refractivity contribution in [2.24, 2.45) is 5.92 Å². The minimum Gasteiger partial charge on any atom is -0.368 e. The van der Waals surface area contributed by atoms with E-state index in [4.69, 9.17) is 16.6 Å². The smallest absolute Gasteiger partial charge is 0.227 e. The number of nitrogens with zero attached hydrogens (tertiary/aromatic N) is 7. The Labute approximate surface area is 210 Å². The van der Waals surface area contributed by atoms with Gasteiger partial charge in [-0.05, 0) is 49.9 Å². The van der Waals surface area contributed by atoms with E-state index in [-0.39, 0.29) is 11.8 Å². The van der Waals surface area contributed by atoms with Crippen molar-refractivity contribution >= 4 is 40.2 Å². The van der Waals surface area contributed by atoms with Crippen LogP contribution >= 0.6 is 11.6 Å². The van der Waals surface area contributed by atoms with Crippen LogP contribution in [0.2, 0.25) is 5.02 Å². The summed E-state index contributed by atoms with van der Waals surface area (Å²) in [4.78, 5) is 34.4. The Morgan fingerprint density at radius 2 is 1.71 bits per heavy atom. The van der Waals surface area contributed by atoms with Crippen molar-refractivity contribution in [2.45, 2.75) is 45.1 Å². The van der Waals surface area contributed by atoms with Crippen molar-refractivity contribution in [3.63, 3.8) is 0 Å². The lowest BCUT2D eigenvalue weighted by Crippen LogP contribution is -2.52. The molecule has 0 bridgehead atoms.